The zero-order valence-electron chi connectivity index (χ0n) is 8.30. The lowest BCUT2D eigenvalue weighted by Crippen LogP contribution is -2.48. The Labute approximate surface area is 79.0 Å². The molecule has 1 saturated heterocycles. The zero-order valence-corrected chi connectivity index (χ0v) is 8.30. The third kappa shape index (κ3) is 3.32. The molecule has 1 heterocycles. The van der Waals surface area contributed by atoms with E-state index < -0.39 is 0 Å². The maximum Gasteiger partial charge on any atom is 0.260 e. The third-order valence-corrected chi connectivity index (χ3v) is 2.30. The van der Waals surface area contributed by atoms with Gasteiger partial charge >= 0.3 is 0 Å². The van der Waals surface area contributed by atoms with E-state index in [0.717, 1.165) is 19.4 Å². The molecule has 0 radical (unpaired) electrons. The lowest BCUT2D eigenvalue weighted by Gasteiger charge is -2.26. The minimum atomic E-state index is -0.0738. The fourth-order valence-corrected chi connectivity index (χ4v) is 1.52. The molecule has 0 aromatic carbocycles. The number of hydrogen-bond acceptors (Lipinski definition) is 3. The van der Waals surface area contributed by atoms with Gasteiger partial charge in [-0.1, -0.05) is 6.92 Å². The average molecular weight is 186 g/mol. The predicted molar refractivity (Wildman–Crippen MR) is 50.0 cm³/mol. The summed E-state index contributed by atoms with van der Waals surface area (Å²) in [5.74, 6) is 0.576. The molecule has 0 aromatic heterocycles. The number of amides is 1. The van der Waals surface area contributed by atoms with E-state index in [4.69, 9.17) is 4.84 Å². The number of piperidine rings is 1. The summed E-state index contributed by atoms with van der Waals surface area (Å²) < 4.78 is 0. The molecule has 76 valence electrons. The summed E-state index contributed by atoms with van der Waals surface area (Å²) in [7, 11) is 0. The summed E-state index contributed by atoms with van der Waals surface area (Å²) in [5.41, 5.74) is 2.42. The van der Waals surface area contributed by atoms with Crippen LogP contribution in [0.1, 0.15) is 26.7 Å². The van der Waals surface area contributed by atoms with E-state index >= 15 is 0 Å². The molecule has 4 nitrogen and oxygen atoms in total. The van der Waals surface area contributed by atoms with Crippen molar-refractivity contribution in [2.45, 2.75) is 32.7 Å². The van der Waals surface area contributed by atoms with Gasteiger partial charge in [0, 0.05) is 0 Å². The zero-order chi connectivity index (χ0) is 9.68. The van der Waals surface area contributed by atoms with Gasteiger partial charge in [-0.05, 0) is 32.2 Å². The van der Waals surface area contributed by atoms with E-state index in [9.17, 15) is 4.79 Å². The van der Waals surface area contributed by atoms with Gasteiger partial charge < -0.3 is 5.32 Å². The van der Waals surface area contributed by atoms with Crippen LogP contribution < -0.4 is 10.8 Å². The van der Waals surface area contributed by atoms with Crippen molar-refractivity contribution in [3.63, 3.8) is 0 Å². The minimum absolute atomic E-state index is 0.0478. The van der Waals surface area contributed by atoms with E-state index in [0.29, 0.717) is 12.5 Å². The summed E-state index contributed by atoms with van der Waals surface area (Å²) in [4.78, 5) is 16.2. The monoisotopic (exact) mass is 186 g/mol. The molecule has 1 amide bonds. The van der Waals surface area contributed by atoms with Gasteiger partial charge in [0.05, 0.1) is 12.6 Å². The summed E-state index contributed by atoms with van der Waals surface area (Å²) in [5, 5.41) is 3.17. The van der Waals surface area contributed by atoms with Crippen molar-refractivity contribution in [3.05, 3.63) is 0 Å². The molecule has 1 rings (SSSR count). The van der Waals surface area contributed by atoms with Gasteiger partial charge in [0.1, 0.15) is 0 Å². The molecule has 1 fully saturated rings. The number of nitrogens with one attached hydrogen (secondary N) is 2. The van der Waals surface area contributed by atoms with Gasteiger partial charge in [0.15, 0.2) is 0 Å². The lowest BCUT2D eigenvalue weighted by atomic mass is 9.94. The van der Waals surface area contributed by atoms with Gasteiger partial charge in [-0.25, -0.2) is 5.48 Å². The molecule has 0 aliphatic carbocycles. The van der Waals surface area contributed by atoms with E-state index in [1.165, 1.54) is 0 Å². The summed E-state index contributed by atoms with van der Waals surface area (Å²) in [6.07, 6.45) is 2.05. The van der Waals surface area contributed by atoms with E-state index in [1.807, 2.05) is 6.92 Å². The molecular weight excluding hydrogens is 168 g/mol. The van der Waals surface area contributed by atoms with Gasteiger partial charge in [0.25, 0.3) is 5.91 Å². The second-order valence-electron chi connectivity index (χ2n) is 3.54. The van der Waals surface area contributed by atoms with Gasteiger partial charge in [-0.2, -0.15) is 0 Å². The van der Waals surface area contributed by atoms with Crippen LogP contribution in [0.2, 0.25) is 0 Å². The Morgan fingerprint density at radius 2 is 2.46 bits per heavy atom. The van der Waals surface area contributed by atoms with Gasteiger partial charge in [-0.15, -0.1) is 0 Å². The molecule has 4 heteroatoms. The topological polar surface area (TPSA) is 50.4 Å². The van der Waals surface area contributed by atoms with Crippen LogP contribution >= 0.6 is 0 Å². The molecule has 2 unspecified atom stereocenters. The first-order chi connectivity index (χ1) is 6.24. The van der Waals surface area contributed by atoms with Crippen LogP contribution in [0.15, 0.2) is 0 Å². The van der Waals surface area contributed by atoms with Crippen LogP contribution in [-0.4, -0.2) is 25.1 Å². The molecule has 2 N–H and O–H groups in total. The summed E-state index contributed by atoms with van der Waals surface area (Å²) in [6, 6.07) is -0.0738. The Hall–Kier alpha value is -0.610. The highest BCUT2D eigenvalue weighted by Crippen LogP contribution is 2.14. The van der Waals surface area contributed by atoms with Crippen LogP contribution in [0.25, 0.3) is 0 Å². The van der Waals surface area contributed by atoms with Crippen LogP contribution in [-0.2, 0) is 9.63 Å². The Bertz CT molecular complexity index is 173. The average Bonchev–Trinajstić information content (AvgIpc) is 2.14. The Morgan fingerprint density at radius 3 is 3.08 bits per heavy atom. The summed E-state index contributed by atoms with van der Waals surface area (Å²) >= 11 is 0. The largest absolute Gasteiger partial charge is 0.306 e. The Balaban J connectivity index is 2.28. The second kappa shape index (κ2) is 5.19. The van der Waals surface area contributed by atoms with E-state index in [-0.39, 0.29) is 11.9 Å². The first kappa shape index (κ1) is 10.5. The number of rotatable bonds is 3. The Morgan fingerprint density at radius 1 is 1.69 bits per heavy atom. The molecule has 1 aliphatic heterocycles. The van der Waals surface area contributed by atoms with Crippen molar-refractivity contribution >= 4 is 5.91 Å². The number of hydrogen-bond donors (Lipinski definition) is 2. The molecule has 1 aliphatic rings. The number of hydroxylamine groups is 1. The first-order valence-electron chi connectivity index (χ1n) is 4.89. The molecule has 2 atom stereocenters. The van der Waals surface area contributed by atoms with E-state index in [2.05, 4.69) is 17.7 Å². The van der Waals surface area contributed by atoms with E-state index in [1.54, 1.807) is 0 Å². The predicted octanol–water partition coefficient (Wildman–Crippen LogP) is 0.442. The molecule has 0 spiro atoms. The fourth-order valence-electron chi connectivity index (χ4n) is 1.52. The number of carbonyl (C=O) groups excluding carboxylic acids is 1. The Kier molecular flexibility index (Phi) is 4.18. The third-order valence-electron chi connectivity index (χ3n) is 2.30. The van der Waals surface area contributed by atoms with Crippen molar-refractivity contribution in [1.82, 2.24) is 10.8 Å². The molecule has 0 bridgehead atoms. The van der Waals surface area contributed by atoms with Crippen LogP contribution in [0, 0.1) is 5.92 Å². The normalized spacial score (nSPS) is 28.5. The quantitative estimate of drug-likeness (QED) is 0.629. The molecule has 13 heavy (non-hydrogen) atoms. The van der Waals surface area contributed by atoms with Crippen molar-refractivity contribution in [2.24, 2.45) is 5.92 Å². The van der Waals surface area contributed by atoms with Crippen LogP contribution in [0.4, 0.5) is 0 Å². The fraction of sp³-hybridized carbons (Fsp3) is 0.889. The second-order valence-corrected chi connectivity index (χ2v) is 3.54. The number of carbonyl (C=O) groups is 1. The lowest BCUT2D eigenvalue weighted by molar-refractivity contribution is -0.136. The van der Waals surface area contributed by atoms with Gasteiger partial charge in [0.2, 0.25) is 0 Å². The minimum Gasteiger partial charge on any atom is -0.306 e. The molecule has 0 aromatic rings. The molecule has 0 saturated carbocycles. The smallest absolute Gasteiger partial charge is 0.260 e. The highest BCUT2D eigenvalue weighted by atomic mass is 16.6. The highest BCUT2D eigenvalue weighted by molar-refractivity contribution is 5.80. The van der Waals surface area contributed by atoms with Crippen molar-refractivity contribution < 1.29 is 9.63 Å². The van der Waals surface area contributed by atoms with Crippen molar-refractivity contribution in [2.75, 3.05) is 13.2 Å². The first-order valence-corrected chi connectivity index (χ1v) is 4.89. The van der Waals surface area contributed by atoms with Gasteiger partial charge in [-0.3, -0.25) is 9.63 Å². The summed E-state index contributed by atoms with van der Waals surface area (Å²) in [6.45, 7) is 5.44. The van der Waals surface area contributed by atoms with Crippen molar-refractivity contribution in [3.8, 4) is 0 Å². The SMILES string of the molecule is CCONC(=O)C1CC(C)CCN1. The maximum absolute atomic E-state index is 11.4. The molecular formula is C9H18N2O2. The standard InChI is InChI=1S/C9H18N2O2/c1-3-13-11-9(12)8-6-7(2)4-5-10-8/h7-8,10H,3-6H2,1-2H3,(H,11,12). The van der Waals surface area contributed by atoms with Crippen molar-refractivity contribution in [1.29, 1.82) is 0 Å². The maximum atomic E-state index is 11.4. The highest BCUT2D eigenvalue weighted by Gasteiger charge is 2.24. The van der Waals surface area contributed by atoms with Crippen LogP contribution in [0.5, 0.6) is 0 Å². The van der Waals surface area contributed by atoms with Crippen LogP contribution in [0.3, 0.4) is 0 Å².